The molecular formula is C12H19ClN2. The molecule has 0 bridgehead atoms. The van der Waals surface area contributed by atoms with Gasteiger partial charge in [-0.2, -0.15) is 0 Å². The average molecular weight is 227 g/mol. The number of benzene rings is 1. The van der Waals surface area contributed by atoms with Crippen molar-refractivity contribution in [2.45, 2.75) is 39.2 Å². The highest BCUT2D eigenvalue weighted by atomic mass is 35.5. The summed E-state index contributed by atoms with van der Waals surface area (Å²) in [6.45, 7) is 8.49. The summed E-state index contributed by atoms with van der Waals surface area (Å²) in [5.41, 5.74) is 5.09. The molecule has 84 valence electrons. The van der Waals surface area contributed by atoms with Crippen LogP contribution >= 0.6 is 11.6 Å². The first kappa shape index (κ1) is 12.5. The van der Waals surface area contributed by atoms with Crippen molar-refractivity contribution in [2.24, 2.45) is 5.84 Å². The average Bonchev–Trinajstić information content (AvgIpc) is 2.15. The summed E-state index contributed by atoms with van der Waals surface area (Å²) in [5, 5.41) is 0.771. The summed E-state index contributed by atoms with van der Waals surface area (Å²) in [4.78, 5) is 0. The fourth-order valence-electron chi connectivity index (χ4n) is 1.43. The Morgan fingerprint density at radius 3 is 2.33 bits per heavy atom. The summed E-state index contributed by atoms with van der Waals surface area (Å²) in [6.07, 6.45) is 0. The molecule has 1 atom stereocenters. The summed E-state index contributed by atoms with van der Waals surface area (Å²) in [6, 6.07) is 6.24. The van der Waals surface area contributed by atoms with E-state index in [1.807, 2.05) is 19.1 Å². The fourth-order valence-corrected chi connectivity index (χ4v) is 1.78. The van der Waals surface area contributed by atoms with Crippen molar-refractivity contribution in [3.63, 3.8) is 0 Å². The summed E-state index contributed by atoms with van der Waals surface area (Å²) in [5.74, 6) is 5.39. The predicted octanol–water partition coefficient (Wildman–Crippen LogP) is 3.16. The van der Waals surface area contributed by atoms with Crippen LogP contribution in [0.3, 0.4) is 0 Å². The molecule has 1 rings (SSSR count). The second kappa shape index (κ2) is 4.52. The Hall–Kier alpha value is -0.570. The third kappa shape index (κ3) is 2.94. The Morgan fingerprint density at radius 2 is 1.93 bits per heavy atom. The van der Waals surface area contributed by atoms with E-state index in [9.17, 15) is 0 Å². The molecule has 0 saturated carbocycles. The molecule has 3 N–H and O–H groups in total. The zero-order valence-corrected chi connectivity index (χ0v) is 10.5. The van der Waals surface area contributed by atoms with Gasteiger partial charge in [-0.25, -0.2) is 0 Å². The van der Waals surface area contributed by atoms with Crippen LogP contribution < -0.4 is 11.3 Å². The van der Waals surface area contributed by atoms with Gasteiger partial charge in [0.1, 0.15) is 0 Å². The molecule has 1 aromatic rings. The minimum Gasteiger partial charge on any atom is -0.271 e. The molecule has 0 fully saturated rings. The second-order valence-electron chi connectivity index (χ2n) is 4.87. The molecular weight excluding hydrogens is 208 g/mol. The lowest BCUT2D eigenvalue weighted by Gasteiger charge is -2.21. The van der Waals surface area contributed by atoms with Crippen LogP contribution in [-0.4, -0.2) is 0 Å². The number of nitrogens with two attached hydrogens (primary N) is 1. The highest BCUT2D eigenvalue weighted by Crippen LogP contribution is 2.29. The standard InChI is InChI=1S/C12H19ClN2/c1-8(15-14)10-6-5-9(7-11(10)13)12(2,3)4/h5-8,15H,14H2,1-4H3/t8-/m0/s1. The van der Waals surface area contributed by atoms with Crippen molar-refractivity contribution >= 4 is 11.6 Å². The van der Waals surface area contributed by atoms with Crippen molar-refractivity contribution in [3.8, 4) is 0 Å². The van der Waals surface area contributed by atoms with Gasteiger partial charge in [0, 0.05) is 11.1 Å². The Kier molecular flexibility index (Phi) is 3.77. The topological polar surface area (TPSA) is 38.0 Å². The van der Waals surface area contributed by atoms with Crippen LogP contribution in [0.4, 0.5) is 0 Å². The van der Waals surface area contributed by atoms with E-state index < -0.39 is 0 Å². The summed E-state index contributed by atoms with van der Waals surface area (Å²) < 4.78 is 0. The van der Waals surface area contributed by atoms with E-state index in [0.29, 0.717) is 0 Å². The minimum atomic E-state index is 0.0755. The molecule has 0 aromatic heterocycles. The van der Waals surface area contributed by atoms with E-state index in [1.54, 1.807) is 0 Å². The van der Waals surface area contributed by atoms with E-state index in [-0.39, 0.29) is 11.5 Å². The molecule has 0 heterocycles. The molecule has 0 aliphatic rings. The third-order valence-corrected chi connectivity index (χ3v) is 2.91. The van der Waals surface area contributed by atoms with Gasteiger partial charge in [0.2, 0.25) is 0 Å². The molecule has 3 heteroatoms. The van der Waals surface area contributed by atoms with E-state index >= 15 is 0 Å². The van der Waals surface area contributed by atoms with Gasteiger partial charge in [-0.3, -0.25) is 11.3 Å². The van der Waals surface area contributed by atoms with Crippen molar-refractivity contribution in [3.05, 3.63) is 34.3 Å². The molecule has 0 spiro atoms. The lowest BCUT2D eigenvalue weighted by Crippen LogP contribution is -2.26. The normalized spacial score (nSPS) is 14.0. The Morgan fingerprint density at radius 1 is 1.33 bits per heavy atom. The summed E-state index contributed by atoms with van der Waals surface area (Å²) >= 11 is 6.21. The minimum absolute atomic E-state index is 0.0755. The zero-order chi connectivity index (χ0) is 11.6. The number of hydrazine groups is 1. The zero-order valence-electron chi connectivity index (χ0n) is 9.76. The first-order valence-corrected chi connectivity index (χ1v) is 5.50. The van der Waals surface area contributed by atoms with E-state index in [2.05, 4.69) is 32.3 Å². The van der Waals surface area contributed by atoms with E-state index in [4.69, 9.17) is 17.4 Å². The van der Waals surface area contributed by atoms with Gasteiger partial charge in [-0.1, -0.05) is 44.5 Å². The SMILES string of the molecule is C[C@H](NN)c1ccc(C(C)(C)C)cc1Cl. The highest BCUT2D eigenvalue weighted by Gasteiger charge is 2.16. The predicted molar refractivity (Wildman–Crippen MR) is 65.9 cm³/mol. The van der Waals surface area contributed by atoms with Crippen LogP contribution in [0.25, 0.3) is 0 Å². The molecule has 15 heavy (non-hydrogen) atoms. The molecule has 0 radical (unpaired) electrons. The maximum Gasteiger partial charge on any atom is 0.0457 e. The van der Waals surface area contributed by atoms with Crippen LogP contribution in [0.2, 0.25) is 5.02 Å². The van der Waals surface area contributed by atoms with Gasteiger partial charge in [0.25, 0.3) is 0 Å². The van der Waals surface area contributed by atoms with Crippen molar-refractivity contribution in [1.82, 2.24) is 5.43 Å². The molecule has 0 amide bonds. The first-order valence-electron chi connectivity index (χ1n) is 5.12. The smallest absolute Gasteiger partial charge is 0.0457 e. The lowest BCUT2D eigenvalue weighted by atomic mass is 9.86. The van der Waals surface area contributed by atoms with Gasteiger partial charge in [0.05, 0.1) is 0 Å². The van der Waals surface area contributed by atoms with Crippen LogP contribution in [0.1, 0.15) is 44.9 Å². The van der Waals surface area contributed by atoms with Gasteiger partial charge in [-0.05, 0) is 29.5 Å². The third-order valence-electron chi connectivity index (χ3n) is 2.58. The maximum atomic E-state index is 6.21. The van der Waals surface area contributed by atoms with Crippen LogP contribution in [0, 0.1) is 0 Å². The van der Waals surface area contributed by atoms with Crippen molar-refractivity contribution < 1.29 is 0 Å². The van der Waals surface area contributed by atoms with Crippen molar-refractivity contribution in [2.75, 3.05) is 0 Å². The Bertz CT molecular complexity index is 342. The molecule has 2 nitrogen and oxygen atoms in total. The molecule has 0 unspecified atom stereocenters. The second-order valence-corrected chi connectivity index (χ2v) is 5.28. The number of rotatable bonds is 2. The number of hydrogen-bond acceptors (Lipinski definition) is 2. The fraction of sp³-hybridized carbons (Fsp3) is 0.500. The quantitative estimate of drug-likeness (QED) is 0.601. The molecule has 1 aromatic carbocycles. The summed E-state index contributed by atoms with van der Waals surface area (Å²) in [7, 11) is 0. The van der Waals surface area contributed by atoms with Crippen LogP contribution in [0.15, 0.2) is 18.2 Å². The Balaban J connectivity index is 3.09. The number of halogens is 1. The largest absolute Gasteiger partial charge is 0.271 e. The van der Waals surface area contributed by atoms with Gasteiger partial charge in [-0.15, -0.1) is 0 Å². The number of nitrogens with one attached hydrogen (secondary N) is 1. The van der Waals surface area contributed by atoms with Crippen LogP contribution in [0.5, 0.6) is 0 Å². The molecule has 0 aliphatic heterocycles. The first-order chi connectivity index (χ1) is 6.86. The van der Waals surface area contributed by atoms with E-state index in [1.165, 1.54) is 5.56 Å². The maximum absolute atomic E-state index is 6.21. The van der Waals surface area contributed by atoms with Gasteiger partial charge >= 0.3 is 0 Å². The molecule has 0 aliphatic carbocycles. The monoisotopic (exact) mass is 226 g/mol. The highest BCUT2D eigenvalue weighted by molar-refractivity contribution is 6.31. The Labute approximate surface area is 96.8 Å². The van der Waals surface area contributed by atoms with Crippen LogP contribution in [-0.2, 0) is 5.41 Å². The van der Waals surface area contributed by atoms with Crippen molar-refractivity contribution in [1.29, 1.82) is 0 Å². The van der Waals surface area contributed by atoms with Gasteiger partial charge < -0.3 is 0 Å². The lowest BCUT2D eigenvalue weighted by molar-refractivity contribution is 0.584. The van der Waals surface area contributed by atoms with Gasteiger partial charge in [0.15, 0.2) is 0 Å². The molecule has 0 saturated heterocycles. The van der Waals surface area contributed by atoms with E-state index in [0.717, 1.165) is 10.6 Å². The number of hydrogen-bond donors (Lipinski definition) is 2.